The van der Waals surface area contributed by atoms with Crippen LogP contribution in [0.5, 0.6) is 5.75 Å². The van der Waals surface area contributed by atoms with Gasteiger partial charge in [-0.3, -0.25) is 4.99 Å². The number of rotatable bonds is 4. The fourth-order valence-corrected chi connectivity index (χ4v) is 3.89. The molecule has 4 N–H and O–H groups in total. The molecule has 0 bridgehead atoms. The molecule has 2 aromatic carbocycles. The van der Waals surface area contributed by atoms with E-state index in [0.717, 1.165) is 23.3 Å². The molecule has 0 spiro atoms. The molecular weight excluding hydrogens is 503 g/mol. The topological polar surface area (TPSA) is 106 Å². The first-order valence-corrected chi connectivity index (χ1v) is 10.6. The van der Waals surface area contributed by atoms with Crippen LogP contribution in [0.3, 0.4) is 0 Å². The Balaban J connectivity index is 0.00000300. The van der Waals surface area contributed by atoms with Crippen molar-refractivity contribution in [2.45, 2.75) is 43.4 Å². The van der Waals surface area contributed by atoms with Crippen molar-refractivity contribution in [2.24, 2.45) is 10.1 Å². The highest BCUT2D eigenvalue weighted by Gasteiger charge is 2.33. The summed E-state index contributed by atoms with van der Waals surface area (Å²) in [5.74, 6) is 1.49. The van der Waals surface area contributed by atoms with Crippen LogP contribution in [-0.4, -0.2) is 27.0 Å². The summed E-state index contributed by atoms with van der Waals surface area (Å²) in [6, 6.07) is 14.6. The van der Waals surface area contributed by atoms with Crippen molar-refractivity contribution < 1.29 is 13.2 Å². The monoisotopic (exact) mass is 530 g/mol. The van der Waals surface area contributed by atoms with Crippen LogP contribution in [0.1, 0.15) is 37.4 Å². The number of hydrogen-bond donors (Lipinski definition) is 3. The van der Waals surface area contributed by atoms with Crippen LogP contribution in [0.25, 0.3) is 0 Å². The van der Waals surface area contributed by atoms with Crippen molar-refractivity contribution in [3.8, 4) is 5.75 Å². The molecule has 1 aliphatic heterocycles. The van der Waals surface area contributed by atoms with Crippen LogP contribution in [-0.2, 0) is 16.6 Å². The van der Waals surface area contributed by atoms with E-state index >= 15 is 0 Å². The number of sulfonamides is 1. The lowest BCUT2D eigenvalue weighted by Gasteiger charge is -2.38. The van der Waals surface area contributed by atoms with E-state index in [2.05, 4.69) is 29.5 Å². The number of aliphatic imine (C=N–C) groups is 1. The third-order valence-electron chi connectivity index (χ3n) is 4.60. The van der Waals surface area contributed by atoms with Crippen molar-refractivity contribution in [3.05, 3.63) is 59.7 Å². The van der Waals surface area contributed by atoms with Crippen LogP contribution in [0.4, 0.5) is 0 Å². The van der Waals surface area contributed by atoms with Gasteiger partial charge in [0.15, 0.2) is 5.96 Å². The van der Waals surface area contributed by atoms with Crippen LogP contribution >= 0.6 is 24.0 Å². The summed E-state index contributed by atoms with van der Waals surface area (Å²) >= 11 is 0. The Morgan fingerprint density at radius 3 is 2.66 bits per heavy atom. The average molecular weight is 530 g/mol. The van der Waals surface area contributed by atoms with E-state index < -0.39 is 10.0 Å². The number of fused-ring (bicyclic) bond motifs is 1. The van der Waals surface area contributed by atoms with Gasteiger partial charge < -0.3 is 15.4 Å². The van der Waals surface area contributed by atoms with E-state index in [-0.39, 0.29) is 40.5 Å². The Hall–Kier alpha value is -1.85. The van der Waals surface area contributed by atoms with Crippen molar-refractivity contribution in [1.29, 1.82) is 0 Å². The second kappa shape index (κ2) is 9.31. The second-order valence-electron chi connectivity index (χ2n) is 7.42. The number of benzene rings is 2. The van der Waals surface area contributed by atoms with Crippen LogP contribution < -0.4 is 20.5 Å². The third kappa shape index (κ3) is 6.06. The molecule has 2 aromatic rings. The minimum Gasteiger partial charge on any atom is -0.487 e. The predicted octanol–water partition coefficient (Wildman–Crippen LogP) is 2.92. The number of para-hydroxylation sites is 1. The van der Waals surface area contributed by atoms with E-state index in [1.165, 1.54) is 6.07 Å². The summed E-state index contributed by atoms with van der Waals surface area (Å²) in [5, 5.41) is 11.9. The molecule has 0 fully saturated rings. The number of guanidine groups is 1. The lowest BCUT2D eigenvalue weighted by molar-refractivity contribution is 0.0694. The standard InChI is InChI=1S/C20H26N4O3S.HI/c1-20(2)12-17(16-9-4-5-10-18(16)27-20)24-19(22-3)23-13-14-7-6-8-15(11-14)28(21,25)26;/h4-11,17H,12-13H2,1-3H3,(H2,21,25,26)(H2,22,23,24);1H. The Kier molecular flexibility index (Phi) is 7.52. The molecule has 0 amide bonds. The molecule has 0 aliphatic carbocycles. The third-order valence-corrected chi connectivity index (χ3v) is 5.51. The highest BCUT2D eigenvalue weighted by Crippen LogP contribution is 2.39. The normalized spacial score (nSPS) is 18.1. The largest absolute Gasteiger partial charge is 0.487 e. The number of halogens is 1. The summed E-state index contributed by atoms with van der Waals surface area (Å²) in [5.41, 5.74) is 1.58. The van der Waals surface area contributed by atoms with Gasteiger partial charge in [0.05, 0.1) is 10.9 Å². The molecule has 9 heteroatoms. The van der Waals surface area contributed by atoms with Gasteiger partial charge >= 0.3 is 0 Å². The van der Waals surface area contributed by atoms with Crippen molar-refractivity contribution >= 4 is 40.0 Å². The van der Waals surface area contributed by atoms with Gasteiger partial charge in [-0.05, 0) is 37.6 Å². The van der Waals surface area contributed by atoms with Gasteiger partial charge in [-0.1, -0.05) is 30.3 Å². The van der Waals surface area contributed by atoms with Gasteiger partial charge in [0.25, 0.3) is 0 Å². The Morgan fingerprint density at radius 2 is 1.97 bits per heavy atom. The Bertz CT molecular complexity index is 993. The highest BCUT2D eigenvalue weighted by molar-refractivity contribution is 14.0. The number of nitrogens with two attached hydrogens (primary N) is 1. The minimum absolute atomic E-state index is 0. The maximum absolute atomic E-state index is 11.5. The summed E-state index contributed by atoms with van der Waals surface area (Å²) in [6.45, 7) is 4.54. The van der Waals surface area contributed by atoms with E-state index in [0.29, 0.717) is 12.5 Å². The second-order valence-corrected chi connectivity index (χ2v) is 8.98. The first kappa shape index (κ1) is 23.4. The van der Waals surface area contributed by atoms with Gasteiger partial charge in [-0.15, -0.1) is 24.0 Å². The fourth-order valence-electron chi connectivity index (χ4n) is 3.31. The van der Waals surface area contributed by atoms with Gasteiger partial charge in [0.1, 0.15) is 11.4 Å². The summed E-state index contributed by atoms with van der Waals surface area (Å²) in [6.07, 6.45) is 0.783. The molecule has 0 aromatic heterocycles. The predicted molar refractivity (Wildman–Crippen MR) is 125 cm³/mol. The lowest BCUT2D eigenvalue weighted by atomic mass is 9.90. The minimum atomic E-state index is -3.73. The van der Waals surface area contributed by atoms with Gasteiger partial charge in [-0.25, -0.2) is 13.6 Å². The number of ether oxygens (including phenoxy) is 1. The smallest absolute Gasteiger partial charge is 0.238 e. The molecule has 0 radical (unpaired) electrons. The number of primary sulfonamides is 1. The highest BCUT2D eigenvalue weighted by atomic mass is 127. The molecule has 158 valence electrons. The molecule has 1 heterocycles. The quantitative estimate of drug-likeness (QED) is 0.320. The first-order valence-electron chi connectivity index (χ1n) is 9.05. The fraction of sp³-hybridized carbons (Fsp3) is 0.350. The molecule has 1 atom stereocenters. The van der Waals surface area contributed by atoms with Crippen molar-refractivity contribution in [2.75, 3.05) is 7.05 Å². The van der Waals surface area contributed by atoms with Crippen molar-refractivity contribution in [3.63, 3.8) is 0 Å². The molecule has 0 saturated heterocycles. The van der Waals surface area contributed by atoms with Crippen LogP contribution in [0.15, 0.2) is 58.4 Å². The molecular formula is C20H27IN4O3S. The molecule has 29 heavy (non-hydrogen) atoms. The first-order chi connectivity index (χ1) is 13.2. The van der Waals surface area contributed by atoms with E-state index in [1.807, 2.05) is 30.3 Å². The Morgan fingerprint density at radius 1 is 1.24 bits per heavy atom. The van der Waals surface area contributed by atoms with E-state index in [4.69, 9.17) is 9.88 Å². The zero-order valence-electron chi connectivity index (χ0n) is 16.7. The average Bonchev–Trinajstić information content (AvgIpc) is 2.63. The molecule has 7 nitrogen and oxygen atoms in total. The zero-order chi connectivity index (χ0) is 20.4. The summed E-state index contributed by atoms with van der Waals surface area (Å²) in [7, 11) is -2.03. The maximum atomic E-state index is 11.5. The number of nitrogens with zero attached hydrogens (tertiary/aromatic N) is 1. The number of hydrogen-bond acceptors (Lipinski definition) is 4. The SMILES string of the molecule is CN=C(NCc1cccc(S(N)(=O)=O)c1)NC1CC(C)(C)Oc2ccccc21.I. The van der Waals surface area contributed by atoms with Gasteiger partial charge in [0.2, 0.25) is 10.0 Å². The molecule has 0 saturated carbocycles. The lowest BCUT2D eigenvalue weighted by Crippen LogP contribution is -2.45. The zero-order valence-corrected chi connectivity index (χ0v) is 19.8. The van der Waals surface area contributed by atoms with Gasteiger partial charge in [-0.2, -0.15) is 0 Å². The number of nitrogens with one attached hydrogen (secondary N) is 2. The summed E-state index contributed by atoms with van der Waals surface area (Å²) in [4.78, 5) is 4.39. The molecule has 1 aliphatic rings. The van der Waals surface area contributed by atoms with E-state index in [1.54, 1.807) is 19.2 Å². The molecule has 3 rings (SSSR count). The van der Waals surface area contributed by atoms with Crippen LogP contribution in [0.2, 0.25) is 0 Å². The van der Waals surface area contributed by atoms with Crippen molar-refractivity contribution in [1.82, 2.24) is 10.6 Å². The maximum Gasteiger partial charge on any atom is 0.238 e. The van der Waals surface area contributed by atoms with Gasteiger partial charge in [0, 0.05) is 25.6 Å². The molecule has 1 unspecified atom stereocenters. The summed E-state index contributed by atoms with van der Waals surface area (Å²) < 4.78 is 29.1. The van der Waals surface area contributed by atoms with Crippen LogP contribution in [0, 0.1) is 0 Å². The Labute approximate surface area is 189 Å². The van der Waals surface area contributed by atoms with E-state index in [9.17, 15) is 8.42 Å².